The van der Waals surface area contributed by atoms with E-state index in [1.54, 1.807) is 6.92 Å². The van der Waals surface area contributed by atoms with Crippen LogP contribution in [0, 0.1) is 5.92 Å². The van der Waals surface area contributed by atoms with Crippen LogP contribution in [-0.2, 0) is 6.54 Å². The summed E-state index contributed by atoms with van der Waals surface area (Å²) in [7, 11) is 0. The molecule has 0 aliphatic rings. The van der Waals surface area contributed by atoms with Gasteiger partial charge in [-0.15, -0.1) is 0 Å². The van der Waals surface area contributed by atoms with Crippen molar-refractivity contribution >= 4 is 0 Å². The van der Waals surface area contributed by atoms with Crippen LogP contribution >= 0.6 is 0 Å². The van der Waals surface area contributed by atoms with E-state index in [1.165, 1.54) is 6.20 Å². The Hall–Kier alpha value is -1.25. The fourth-order valence-electron chi connectivity index (χ4n) is 1.63. The Balaban J connectivity index is 3.16. The predicted molar refractivity (Wildman–Crippen MR) is 50.4 cm³/mol. The van der Waals surface area contributed by atoms with E-state index in [0.29, 0.717) is 0 Å². The summed E-state index contributed by atoms with van der Waals surface area (Å²) in [5.41, 5.74) is 5.11. The maximum absolute atomic E-state index is 12.5. The highest BCUT2D eigenvalue weighted by Crippen LogP contribution is 2.45. The quantitative estimate of drug-likeness (QED) is 0.862. The summed E-state index contributed by atoms with van der Waals surface area (Å²) in [5.74, 6) is -4.06. The molecule has 104 valence electrons. The van der Waals surface area contributed by atoms with Gasteiger partial charge >= 0.3 is 12.4 Å². The Labute approximate surface area is 98.6 Å². The highest BCUT2D eigenvalue weighted by Gasteiger charge is 2.60. The molecule has 1 rings (SSSR count). The smallest absolute Gasteiger partial charge is 0.334 e. The number of imidazole rings is 1. The first-order chi connectivity index (χ1) is 8.09. The molecule has 0 bridgehead atoms. The molecule has 1 unspecified atom stereocenters. The molecule has 0 aliphatic heterocycles. The Kier molecular flexibility index (Phi) is 3.94. The monoisotopic (exact) mass is 275 g/mol. The minimum atomic E-state index is -5.47. The third-order valence-electron chi connectivity index (χ3n) is 2.45. The molecule has 1 atom stereocenters. The molecule has 2 N–H and O–H groups in total. The van der Waals surface area contributed by atoms with Crippen molar-refractivity contribution in [2.24, 2.45) is 11.7 Å². The van der Waals surface area contributed by atoms with Gasteiger partial charge in [0.25, 0.3) is 0 Å². The molecule has 0 amide bonds. The molecule has 0 aliphatic carbocycles. The van der Waals surface area contributed by atoms with Gasteiger partial charge in [-0.05, 0) is 6.92 Å². The maximum Gasteiger partial charge on any atom is 0.402 e. The summed E-state index contributed by atoms with van der Waals surface area (Å²) in [4.78, 5) is 3.47. The zero-order chi connectivity index (χ0) is 14.1. The molecule has 0 fully saturated rings. The summed E-state index contributed by atoms with van der Waals surface area (Å²) in [6.07, 6.45) is -8.55. The Bertz CT molecular complexity index is 380. The van der Waals surface area contributed by atoms with Gasteiger partial charge in [0, 0.05) is 18.9 Å². The van der Waals surface area contributed by atoms with Gasteiger partial charge < -0.3 is 10.3 Å². The van der Waals surface area contributed by atoms with Crippen LogP contribution in [0.5, 0.6) is 0 Å². The third-order valence-corrected chi connectivity index (χ3v) is 2.45. The highest BCUT2D eigenvalue weighted by atomic mass is 19.4. The second kappa shape index (κ2) is 4.79. The van der Waals surface area contributed by atoms with Crippen LogP contribution in [-0.4, -0.2) is 21.9 Å². The SMILES string of the molecule is CCn1ccnc1C(N)C(C(F)(F)F)C(F)(F)F. The lowest BCUT2D eigenvalue weighted by molar-refractivity contribution is -0.291. The average Bonchev–Trinajstić information content (AvgIpc) is 2.59. The molecule has 1 aromatic heterocycles. The lowest BCUT2D eigenvalue weighted by atomic mass is 9.98. The zero-order valence-electron chi connectivity index (χ0n) is 9.26. The molecule has 1 heterocycles. The van der Waals surface area contributed by atoms with Crippen LogP contribution in [0.25, 0.3) is 0 Å². The number of nitrogens with zero attached hydrogens (tertiary/aromatic N) is 2. The molecular weight excluding hydrogens is 264 g/mol. The number of nitrogens with two attached hydrogens (primary N) is 1. The number of rotatable bonds is 3. The van der Waals surface area contributed by atoms with Gasteiger partial charge in [-0.25, -0.2) is 4.98 Å². The van der Waals surface area contributed by atoms with Crippen LogP contribution in [0.1, 0.15) is 18.8 Å². The number of halogens is 6. The number of hydrogen-bond donors (Lipinski definition) is 1. The fraction of sp³-hybridized carbons (Fsp3) is 0.667. The van der Waals surface area contributed by atoms with Crippen molar-refractivity contribution < 1.29 is 26.3 Å². The maximum atomic E-state index is 12.5. The van der Waals surface area contributed by atoms with Crippen LogP contribution in [0.2, 0.25) is 0 Å². The van der Waals surface area contributed by atoms with E-state index in [2.05, 4.69) is 4.98 Å². The molecule has 0 aromatic carbocycles. The van der Waals surface area contributed by atoms with Gasteiger partial charge in [-0.3, -0.25) is 0 Å². The standard InChI is InChI=1S/C9H11F6N3/c1-2-18-4-3-17-7(18)5(16)6(8(10,11)12)9(13,14)15/h3-6H,2,16H2,1H3. The molecule has 1 aromatic rings. The molecule has 0 saturated carbocycles. The number of aromatic nitrogens is 2. The van der Waals surface area contributed by atoms with Crippen LogP contribution in [0.3, 0.4) is 0 Å². The second-order valence-corrected chi connectivity index (χ2v) is 3.66. The Morgan fingerprint density at radius 1 is 1.22 bits per heavy atom. The summed E-state index contributed by atoms with van der Waals surface area (Å²) >= 11 is 0. The van der Waals surface area contributed by atoms with E-state index < -0.39 is 30.1 Å². The topological polar surface area (TPSA) is 43.8 Å². The highest BCUT2D eigenvalue weighted by molar-refractivity contribution is 5.03. The first-order valence-electron chi connectivity index (χ1n) is 4.99. The van der Waals surface area contributed by atoms with Crippen molar-refractivity contribution in [3.63, 3.8) is 0 Å². The van der Waals surface area contributed by atoms with Crippen molar-refractivity contribution in [2.75, 3.05) is 0 Å². The molecular formula is C9H11F6N3. The van der Waals surface area contributed by atoms with Crippen molar-refractivity contribution in [2.45, 2.75) is 31.9 Å². The van der Waals surface area contributed by atoms with E-state index in [9.17, 15) is 26.3 Å². The van der Waals surface area contributed by atoms with Gasteiger partial charge in [0.05, 0.1) is 6.04 Å². The predicted octanol–water partition coefficient (Wildman–Crippen LogP) is 2.64. The van der Waals surface area contributed by atoms with Crippen molar-refractivity contribution in [3.05, 3.63) is 18.2 Å². The number of aryl methyl sites for hydroxylation is 1. The van der Waals surface area contributed by atoms with Gasteiger partial charge in [0.15, 0.2) is 5.92 Å². The van der Waals surface area contributed by atoms with Gasteiger partial charge in [-0.2, -0.15) is 26.3 Å². The molecule has 18 heavy (non-hydrogen) atoms. The molecule has 9 heteroatoms. The van der Waals surface area contributed by atoms with Gasteiger partial charge in [-0.1, -0.05) is 0 Å². The molecule has 0 radical (unpaired) electrons. The fourth-order valence-corrected chi connectivity index (χ4v) is 1.63. The van der Waals surface area contributed by atoms with E-state index in [1.807, 2.05) is 0 Å². The number of alkyl halides is 6. The minimum Gasteiger partial charge on any atom is -0.334 e. The molecule has 0 spiro atoms. The number of hydrogen-bond acceptors (Lipinski definition) is 2. The molecule has 0 saturated heterocycles. The summed E-state index contributed by atoms with van der Waals surface area (Å²) in [5, 5.41) is 0. The van der Waals surface area contributed by atoms with Crippen molar-refractivity contribution in [1.29, 1.82) is 0 Å². The summed E-state index contributed by atoms with van der Waals surface area (Å²) in [6.45, 7) is 1.75. The van der Waals surface area contributed by atoms with E-state index in [0.717, 1.165) is 10.8 Å². The van der Waals surface area contributed by atoms with Crippen LogP contribution in [0.4, 0.5) is 26.3 Å². The van der Waals surface area contributed by atoms with Crippen molar-refractivity contribution in [1.82, 2.24) is 9.55 Å². The van der Waals surface area contributed by atoms with Crippen LogP contribution < -0.4 is 5.73 Å². The first kappa shape index (κ1) is 14.8. The summed E-state index contributed by atoms with van der Waals surface area (Å²) in [6, 6.07) is -2.28. The Morgan fingerprint density at radius 2 is 1.72 bits per heavy atom. The Morgan fingerprint density at radius 3 is 2.11 bits per heavy atom. The third kappa shape index (κ3) is 2.95. The zero-order valence-corrected chi connectivity index (χ0v) is 9.26. The normalized spacial score (nSPS) is 15.2. The largest absolute Gasteiger partial charge is 0.402 e. The van der Waals surface area contributed by atoms with E-state index in [4.69, 9.17) is 5.73 Å². The minimum absolute atomic E-state index is 0.186. The second-order valence-electron chi connectivity index (χ2n) is 3.66. The lowest BCUT2D eigenvalue weighted by Crippen LogP contribution is -2.44. The average molecular weight is 275 g/mol. The molecule has 3 nitrogen and oxygen atoms in total. The van der Waals surface area contributed by atoms with Crippen molar-refractivity contribution in [3.8, 4) is 0 Å². The van der Waals surface area contributed by atoms with Gasteiger partial charge in [0.1, 0.15) is 5.82 Å². The lowest BCUT2D eigenvalue weighted by Gasteiger charge is -2.28. The van der Waals surface area contributed by atoms with E-state index in [-0.39, 0.29) is 6.54 Å². The van der Waals surface area contributed by atoms with Gasteiger partial charge in [0.2, 0.25) is 0 Å². The summed E-state index contributed by atoms with van der Waals surface area (Å²) < 4.78 is 75.9. The van der Waals surface area contributed by atoms with E-state index >= 15 is 0 Å². The first-order valence-corrected chi connectivity index (χ1v) is 4.99. The van der Waals surface area contributed by atoms with Crippen LogP contribution in [0.15, 0.2) is 12.4 Å².